The number of hydrogen-bond donors (Lipinski definition) is 1. The summed E-state index contributed by atoms with van der Waals surface area (Å²) in [5.74, 6) is 0. The van der Waals surface area contributed by atoms with Crippen molar-refractivity contribution in [3.05, 3.63) is 12.3 Å². The second-order valence-electron chi connectivity index (χ2n) is 3.23. The van der Waals surface area contributed by atoms with Crippen molar-refractivity contribution in [2.45, 2.75) is 13.3 Å². The van der Waals surface area contributed by atoms with Crippen molar-refractivity contribution in [3.63, 3.8) is 0 Å². The Balaban J connectivity index is 4.03. The molecule has 94 valence electrons. The van der Waals surface area contributed by atoms with Crippen LogP contribution < -0.4 is 5.32 Å². The van der Waals surface area contributed by atoms with Gasteiger partial charge in [0.05, 0.1) is 13.2 Å². The molecule has 0 aromatic rings. The molecule has 0 aliphatic carbocycles. The van der Waals surface area contributed by atoms with Crippen LogP contribution in [0.25, 0.3) is 0 Å². The predicted octanol–water partition coefficient (Wildman–Crippen LogP) is 1.21. The van der Waals surface area contributed by atoms with Crippen LogP contribution in [0.4, 0.5) is 4.79 Å². The Hall–Kier alpha value is -1.07. The van der Waals surface area contributed by atoms with E-state index in [4.69, 9.17) is 9.47 Å². The molecule has 0 atom stereocenters. The van der Waals surface area contributed by atoms with Gasteiger partial charge in [-0.3, -0.25) is 0 Å². The van der Waals surface area contributed by atoms with Gasteiger partial charge in [0.15, 0.2) is 0 Å². The molecular weight excluding hydrogens is 208 g/mol. The summed E-state index contributed by atoms with van der Waals surface area (Å²) in [4.78, 5) is 13.3. The van der Waals surface area contributed by atoms with E-state index in [1.807, 2.05) is 13.0 Å². The van der Waals surface area contributed by atoms with E-state index in [0.717, 1.165) is 6.42 Å². The van der Waals surface area contributed by atoms with E-state index >= 15 is 0 Å². The predicted molar refractivity (Wildman–Crippen MR) is 63.3 cm³/mol. The number of rotatable bonds is 8. The Bertz CT molecular complexity index is 199. The lowest BCUT2D eigenvalue weighted by atomic mass is 10.4. The third-order valence-electron chi connectivity index (χ3n) is 1.98. The van der Waals surface area contributed by atoms with E-state index in [1.54, 1.807) is 25.3 Å². The molecule has 0 saturated carbocycles. The summed E-state index contributed by atoms with van der Waals surface area (Å²) < 4.78 is 9.90. The fourth-order valence-corrected chi connectivity index (χ4v) is 1.06. The molecule has 0 aromatic heterocycles. The number of amides is 2. The number of allylic oxidation sites excluding steroid dienone is 1. The monoisotopic (exact) mass is 230 g/mol. The highest BCUT2D eigenvalue weighted by Crippen LogP contribution is 1.91. The summed E-state index contributed by atoms with van der Waals surface area (Å²) in [7, 11) is 3.23. The first-order chi connectivity index (χ1) is 7.76. The molecule has 0 radical (unpaired) electrons. The summed E-state index contributed by atoms with van der Waals surface area (Å²) in [5.41, 5.74) is 0. The van der Waals surface area contributed by atoms with Crippen molar-refractivity contribution in [1.29, 1.82) is 0 Å². The number of nitrogens with one attached hydrogen (secondary N) is 1. The first kappa shape index (κ1) is 14.9. The number of ether oxygens (including phenoxy) is 2. The quantitative estimate of drug-likeness (QED) is 0.682. The third-order valence-corrected chi connectivity index (χ3v) is 1.98. The van der Waals surface area contributed by atoms with Gasteiger partial charge in [0.25, 0.3) is 0 Å². The van der Waals surface area contributed by atoms with Crippen molar-refractivity contribution in [2.75, 3.05) is 40.5 Å². The summed E-state index contributed by atoms with van der Waals surface area (Å²) in [6.45, 7) is 4.18. The Kier molecular flexibility index (Phi) is 9.75. The summed E-state index contributed by atoms with van der Waals surface area (Å²) in [6, 6.07) is -0.126. The number of carbonyl (C=O) groups is 1. The molecule has 0 unspecified atom stereocenters. The van der Waals surface area contributed by atoms with E-state index in [1.165, 1.54) is 0 Å². The molecule has 0 fully saturated rings. The minimum absolute atomic E-state index is 0.126. The molecule has 1 N–H and O–H groups in total. The molecular formula is C11H22N2O3. The second kappa shape index (κ2) is 10.4. The molecule has 0 bridgehead atoms. The maximum atomic E-state index is 11.7. The lowest BCUT2D eigenvalue weighted by Crippen LogP contribution is -2.41. The lowest BCUT2D eigenvalue weighted by molar-refractivity contribution is 0.124. The van der Waals surface area contributed by atoms with Crippen LogP contribution in [0.3, 0.4) is 0 Å². The van der Waals surface area contributed by atoms with E-state index in [0.29, 0.717) is 26.3 Å². The van der Waals surface area contributed by atoms with Crippen LogP contribution in [0, 0.1) is 0 Å². The van der Waals surface area contributed by atoms with Gasteiger partial charge >= 0.3 is 6.03 Å². The van der Waals surface area contributed by atoms with Gasteiger partial charge in [-0.05, 0) is 6.42 Å². The van der Waals surface area contributed by atoms with Crippen molar-refractivity contribution < 1.29 is 14.3 Å². The minimum Gasteiger partial charge on any atom is -0.383 e. The van der Waals surface area contributed by atoms with Crippen molar-refractivity contribution in [1.82, 2.24) is 10.2 Å². The maximum absolute atomic E-state index is 11.7. The molecule has 0 aliphatic rings. The smallest absolute Gasteiger partial charge is 0.321 e. The molecule has 0 heterocycles. The van der Waals surface area contributed by atoms with Crippen molar-refractivity contribution >= 4 is 6.03 Å². The normalized spacial score (nSPS) is 10.7. The Morgan fingerprint density at radius 2 is 1.81 bits per heavy atom. The van der Waals surface area contributed by atoms with Crippen LogP contribution in [-0.4, -0.2) is 51.5 Å². The number of hydrogen-bond acceptors (Lipinski definition) is 3. The zero-order valence-corrected chi connectivity index (χ0v) is 10.4. The molecule has 5 nitrogen and oxygen atoms in total. The van der Waals surface area contributed by atoms with Crippen LogP contribution in [0.15, 0.2) is 12.3 Å². The van der Waals surface area contributed by atoms with Crippen molar-refractivity contribution in [3.8, 4) is 0 Å². The minimum atomic E-state index is -0.126. The zero-order chi connectivity index (χ0) is 12.2. The highest BCUT2D eigenvalue weighted by Gasteiger charge is 2.10. The maximum Gasteiger partial charge on any atom is 0.321 e. The standard InChI is InChI=1S/C11H22N2O3/c1-4-5-6-12-11(14)13(7-9-15-2)8-10-16-3/h5-6H,4,7-10H2,1-3H3,(H,12,14)/b6-5+. The van der Waals surface area contributed by atoms with E-state index in [9.17, 15) is 4.79 Å². The van der Waals surface area contributed by atoms with Gasteiger partial charge in [-0.2, -0.15) is 0 Å². The fourth-order valence-electron chi connectivity index (χ4n) is 1.06. The number of urea groups is 1. The Morgan fingerprint density at radius 3 is 2.25 bits per heavy atom. The Morgan fingerprint density at radius 1 is 1.25 bits per heavy atom. The zero-order valence-electron chi connectivity index (χ0n) is 10.4. The highest BCUT2D eigenvalue weighted by molar-refractivity contribution is 5.75. The van der Waals surface area contributed by atoms with Crippen LogP contribution in [0.2, 0.25) is 0 Å². The third kappa shape index (κ3) is 7.25. The SMILES string of the molecule is CC/C=C/NC(=O)N(CCOC)CCOC. The molecule has 2 amide bonds. The number of nitrogens with zero attached hydrogens (tertiary/aromatic N) is 1. The molecule has 0 aliphatic heterocycles. The molecule has 0 saturated heterocycles. The van der Waals surface area contributed by atoms with Crippen LogP contribution in [-0.2, 0) is 9.47 Å². The second-order valence-corrected chi connectivity index (χ2v) is 3.23. The molecule has 5 heteroatoms. The highest BCUT2D eigenvalue weighted by atomic mass is 16.5. The summed E-state index contributed by atoms with van der Waals surface area (Å²) in [6.07, 6.45) is 4.45. The number of methoxy groups -OCH3 is 2. The van der Waals surface area contributed by atoms with Gasteiger partial charge in [-0.25, -0.2) is 4.79 Å². The lowest BCUT2D eigenvalue weighted by Gasteiger charge is -2.21. The molecule has 0 aromatic carbocycles. The van der Waals surface area contributed by atoms with Crippen LogP contribution in [0.5, 0.6) is 0 Å². The van der Waals surface area contributed by atoms with Gasteiger partial charge in [0.1, 0.15) is 0 Å². The fraction of sp³-hybridized carbons (Fsp3) is 0.727. The first-order valence-electron chi connectivity index (χ1n) is 5.44. The number of carbonyl (C=O) groups excluding carboxylic acids is 1. The molecule has 16 heavy (non-hydrogen) atoms. The van der Waals surface area contributed by atoms with Crippen LogP contribution in [0.1, 0.15) is 13.3 Å². The van der Waals surface area contributed by atoms with Crippen LogP contribution >= 0.6 is 0 Å². The van der Waals surface area contributed by atoms with E-state index in [2.05, 4.69) is 5.32 Å². The van der Waals surface area contributed by atoms with E-state index in [-0.39, 0.29) is 6.03 Å². The van der Waals surface area contributed by atoms with Gasteiger partial charge in [0, 0.05) is 33.5 Å². The van der Waals surface area contributed by atoms with Crippen molar-refractivity contribution in [2.24, 2.45) is 0 Å². The molecule has 0 rings (SSSR count). The van der Waals surface area contributed by atoms with Gasteiger partial charge < -0.3 is 19.7 Å². The summed E-state index contributed by atoms with van der Waals surface area (Å²) >= 11 is 0. The van der Waals surface area contributed by atoms with Gasteiger partial charge in [-0.15, -0.1) is 0 Å². The topological polar surface area (TPSA) is 50.8 Å². The van der Waals surface area contributed by atoms with Gasteiger partial charge in [0.2, 0.25) is 0 Å². The summed E-state index contributed by atoms with van der Waals surface area (Å²) in [5, 5.41) is 2.70. The first-order valence-corrected chi connectivity index (χ1v) is 5.44. The Labute approximate surface area is 97.4 Å². The average molecular weight is 230 g/mol. The molecule has 0 spiro atoms. The average Bonchev–Trinajstić information content (AvgIpc) is 2.29. The van der Waals surface area contributed by atoms with Gasteiger partial charge in [-0.1, -0.05) is 13.0 Å². The van der Waals surface area contributed by atoms with E-state index < -0.39 is 0 Å². The largest absolute Gasteiger partial charge is 0.383 e.